The zero-order chi connectivity index (χ0) is 16.9. The van der Waals surface area contributed by atoms with Gasteiger partial charge in [-0.2, -0.15) is 0 Å². The van der Waals surface area contributed by atoms with Crippen LogP contribution >= 0.6 is 24.0 Å². The number of rotatable bonds is 7. The first kappa shape index (κ1) is 19.8. The van der Waals surface area contributed by atoms with Gasteiger partial charge in [0.15, 0.2) is 0 Å². The third-order valence-corrected chi connectivity index (χ3v) is 4.78. The quantitative estimate of drug-likeness (QED) is 0.782. The Labute approximate surface area is 160 Å². The molecule has 1 amide bonds. The van der Waals surface area contributed by atoms with Crippen molar-refractivity contribution in [3.63, 3.8) is 0 Å². The number of carbonyl (C=O) groups excluding carboxylic acids is 1. The van der Waals surface area contributed by atoms with Crippen molar-refractivity contribution < 1.29 is 4.79 Å². The highest BCUT2D eigenvalue weighted by Crippen LogP contribution is 2.49. The zero-order valence-corrected chi connectivity index (χ0v) is 15.7. The van der Waals surface area contributed by atoms with E-state index >= 15 is 0 Å². The van der Waals surface area contributed by atoms with E-state index in [1.807, 2.05) is 41.3 Å². The van der Waals surface area contributed by atoms with Crippen LogP contribution < -0.4 is 5.73 Å². The summed E-state index contributed by atoms with van der Waals surface area (Å²) in [4.78, 5) is 14.9. The monoisotopic (exact) mass is 378 g/mol. The lowest BCUT2D eigenvalue weighted by Crippen LogP contribution is -2.34. The second kappa shape index (κ2) is 9.23. The summed E-state index contributed by atoms with van der Waals surface area (Å²) in [7, 11) is 0. The molecule has 2 aromatic carbocycles. The SMILES string of the molecule is Cl.NCCCN(Cc1ccccc1)C(=O)C1CC1c1cccc(Cl)c1. The highest BCUT2D eigenvalue weighted by Gasteiger charge is 2.45. The highest BCUT2D eigenvalue weighted by atomic mass is 35.5. The van der Waals surface area contributed by atoms with Gasteiger partial charge in [-0.15, -0.1) is 12.4 Å². The smallest absolute Gasteiger partial charge is 0.226 e. The zero-order valence-electron chi connectivity index (χ0n) is 14.1. The molecule has 0 spiro atoms. The number of amides is 1. The minimum absolute atomic E-state index is 0. The predicted octanol–water partition coefficient (Wildman–Crippen LogP) is 4.24. The molecule has 0 bridgehead atoms. The van der Waals surface area contributed by atoms with Gasteiger partial charge in [-0.1, -0.05) is 54.1 Å². The van der Waals surface area contributed by atoms with Crippen molar-refractivity contribution in [3.05, 3.63) is 70.7 Å². The molecular weight excluding hydrogens is 355 g/mol. The van der Waals surface area contributed by atoms with Crippen molar-refractivity contribution in [2.45, 2.75) is 25.3 Å². The fourth-order valence-electron chi connectivity index (χ4n) is 3.16. The number of benzene rings is 2. The minimum atomic E-state index is 0. The van der Waals surface area contributed by atoms with Crippen molar-refractivity contribution >= 4 is 29.9 Å². The van der Waals surface area contributed by atoms with Crippen LogP contribution in [0.25, 0.3) is 0 Å². The normalized spacial score (nSPS) is 18.3. The van der Waals surface area contributed by atoms with E-state index in [4.69, 9.17) is 17.3 Å². The van der Waals surface area contributed by atoms with E-state index < -0.39 is 0 Å². The van der Waals surface area contributed by atoms with Crippen LogP contribution in [0.1, 0.15) is 29.9 Å². The largest absolute Gasteiger partial charge is 0.338 e. The molecule has 3 nitrogen and oxygen atoms in total. The number of hydrogen-bond donors (Lipinski definition) is 1. The van der Waals surface area contributed by atoms with E-state index in [0.29, 0.717) is 25.6 Å². The Balaban J connectivity index is 0.00000225. The predicted molar refractivity (Wildman–Crippen MR) is 105 cm³/mol. The van der Waals surface area contributed by atoms with Crippen LogP contribution in [0, 0.1) is 5.92 Å². The van der Waals surface area contributed by atoms with Crippen LogP contribution in [-0.4, -0.2) is 23.9 Å². The molecule has 0 heterocycles. The van der Waals surface area contributed by atoms with E-state index in [-0.39, 0.29) is 24.2 Å². The Bertz CT molecular complexity index is 693. The standard InChI is InChI=1S/C20H23ClN2O.ClH/c21-17-9-4-8-16(12-17)18-13-19(18)20(24)23(11-5-10-22)14-15-6-2-1-3-7-15;/h1-4,6-9,12,18-19H,5,10-11,13-14,22H2;1H. The van der Waals surface area contributed by atoms with Gasteiger partial charge < -0.3 is 10.6 Å². The number of hydrogen-bond acceptors (Lipinski definition) is 2. The molecule has 1 fully saturated rings. The summed E-state index contributed by atoms with van der Waals surface area (Å²) >= 11 is 6.07. The molecule has 25 heavy (non-hydrogen) atoms. The maximum atomic E-state index is 12.9. The van der Waals surface area contributed by atoms with Gasteiger partial charge in [-0.3, -0.25) is 4.79 Å². The van der Waals surface area contributed by atoms with Gasteiger partial charge >= 0.3 is 0 Å². The molecule has 0 aromatic heterocycles. The Morgan fingerprint density at radius 2 is 1.92 bits per heavy atom. The van der Waals surface area contributed by atoms with Crippen LogP contribution in [0.15, 0.2) is 54.6 Å². The first-order valence-corrected chi connectivity index (χ1v) is 8.85. The van der Waals surface area contributed by atoms with E-state index in [0.717, 1.165) is 23.4 Å². The van der Waals surface area contributed by atoms with E-state index in [2.05, 4.69) is 18.2 Å². The van der Waals surface area contributed by atoms with Crippen LogP contribution in [0.2, 0.25) is 5.02 Å². The summed E-state index contributed by atoms with van der Waals surface area (Å²) in [6, 6.07) is 18.0. The Kier molecular flexibility index (Phi) is 7.30. The number of nitrogens with zero attached hydrogens (tertiary/aromatic N) is 1. The van der Waals surface area contributed by atoms with Crippen molar-refractivity contribution in [3.8, 4) is 0 Å². The van der Waals surface area contributed by atoms with Gasteiger partial charge in [0.25, 0.3) is 0 Å². The molecule has 0 saturated heterocycles. The topological polar surface area (TPSA) is 46.3 Å². The van der Waals surface area contributed by atoms with Crippen molar-refractivity contribution in [2.24, 2.45) is 11.7 Å². The lowest BCUT2D eigenvalue weighted by atomic mass is 10.1. The average Bonchev–Trinajstić information content (AvgIpc) is 3.39. The Morgan fingerprint density at radius 3 is 2.60 bits per heavy atom. The van der Waals surface area contributed by atoms with Gasteiger partial charge in [0, 0.05) is 24.0 Å². The van der Waals surface area contributed by atoms with E-state index in [1.165, 1.54) is 5.56 Å². The summed E-state index contributed by atoms with van der Waals surface area (Å²) in [5.41, 5.74) is 7.97. The number of halogens is 2. The molecule has 134 valence electrons. The molecule has 5 heteroatoms. The fourth-order valence-corrected chi connectivity index (χ4v) is 3.36. The summed E-state index contributed by atoms with van der Waals surface area (Å²) in [6.45, 7) is 1.96. The Morgan fingerprint density at radius 1 is 1.16 bits per heavy atom. The molecule has 2 aromatic rings. The van der Waals surface area contributed by atoms with E-state index in [1.54, 1.807) is 0 Å². The fraction of sp³-hybridized carbons (Fsp3) is 0.350. The first-order chi connectivity index (χ1) is 11.7. The van der Waals surface area contributed by atoms with E-state index in [9.17, 15) is 4.79 Å². The molecule has 2 unspecified atom stereocenters. The molecule has 0 radical (unpaired) electrons. The minimum Gasteiger partial charge on any atom is -0.338 e. The van der Waals surface area contributed by atoms with Gasteiger partial charge in [0.05, 0.1) is 0 Å². The van der Waals surface area contributed by atoms with Crippen LogP contribution in [0.4, 0.5) is 0 Å². The Hall–Kier alpha value is -1.55. The van der Waals surface area contributed by atoms with Crippen molar-refractivity contribution in [1.29, 1.82) is 0 Å². The second-order valence-corrected chi connectivity index (χ2v) is 6.83. The second-order valence-electron chi connectivity index (χ2n) is 6.39. The van der Waals surface area contributed by atoms with Crippen LogP contribution in [0.3, 0.4) is 0 Å². The number of nitrogens with two attached hydrogens (primary N) is 1. The molecule has 1 aliphatic carbocycles. The maximum absolute atomic E-state index is 12.9. The lowest BCUT2D eigenvalue weighted by molar-refractivity contribution is -0.133. The van der Waals surface area contributed by atoms with Crippen molar-refractivity contribution in [2.75, 3.05) is 13.1 Å². The summed E-state index contributed by atoms with van der Waals surface area (Å²) in [6.07, 6.45) is 1.74. The first-order valence-electron chi connectivity index (χ1n) is 8.47. The summed E-state index contributed by atoms with van der Waals surface area (Å²) in [5, 5.41) is 0.731. The van der Waals surface area contributed by atoms with Gasteiger partial charge in [0.1, 0.15) is 0 Å². The molecular formula is C20H24Cl2N2O. The summed E-state index contributed by atoms with van der Waals surface area (Å²) < 4.78 is 0. The van der Waals surface area contributed by atoms with Gasteiger partial charge in [-0.05, 0) is 48.6 Å². The van der Waals surface area contributed by atoms with Crippen LogP contribution in [-0.2, 0) is 11.3 Å². The van der Waals surface area contributed by atoms with Gasteiger partial charge in [-0.25, -0.2) is 0 Å². The van der Waals surface area contributed by atoms with Gasteiger partial charge in [0.2, 0.25) is 5.91 Å². The highest BCUT2D eigenvalue weighted by molar-refractivity contribution is 6.30. The molecule has 1 aliphatic rings. The number of carbonyl (C=O) groups is 1. The van der Waals surface area contributed by atoms with Crippen LogP contribution in [0.5, 0.6) is 0 Å². The maximum Gasteiger partial charge on any atom is 0.226 e. The van der Waals surface area contributed by atoms with Crippen molar-refractivity contribution in [1.82, 2.24) is 4.90 Å². The third kappa shape index (κ3) is 5.21. The average molecular weight is 379 g/mol. The third-order valence-electron chi connectivity index (χ3n) is 4.54. The lowest BCUT2D eigenvalue weighted by Gasteiger charge is -2.23. The molecule has 3 rings (SSSR count). The summed E-state index contributed by atoms with van der Waals surface area (Å²) in [5.74, 6) is 0.606. The molecule has 0 aliphatic heterocycles. The molecule has 2 N–H and O–H groups in total. The molecule has 2 atom stereocenters. The molecule has 1 saturated carbocycles.